The molecule has 0 aliphatic rings. The largest absolute Gasteiger partial charge is 0.465 e. The summed E-state index contributed by atoms with van der Waals surface area (Å²) in [6, 6.07) is 9.00. The Kier molecular flexibility index (Phi) is 4.75. The first-order chi connectivity index (χ1) is 9.99. The first-order valence-electron chi connectivity index (χ1n) is 6.27. The minimum atomic E-state index is -0.489. The van der Waals surface area contributed by atoms with Crippen LogP contribution in [0.15, 0.2) is 36.4 Å². The van der Waals surface area contributed by atoms with Gasteiger partial charge in [-0.25, -0.2) is 14.2 Å². The smallest absolute Gasteiger partial charge is 0.338 e. The Balaban J connectivity index is 2.20. The molecule has 0 fully saturated rings. The molecule has 21 heavy (non-hydrogen) atoms. The number of carbonyl (C=O) groups excluding carboxylic acids is 1. The van der Waals surface area contributed by atoms with E-state index in [9.17, 15) is 9.18 Å². The van der Waals surface area contributed by atoms with E-state index in [0.29, 0.717) is 11.4 Å². The number of pyridine rings is 1. The number of hydrogen-bond donors (Lipinski definition) is 1. The van der Waals surface area contributed by atoms with Crippen LogP contribution in [0.4, 0.5) is 10.2 Å². The molecule has 0 spiro atoms. The molecule has 1 aromatic carbocycles. The maximum Gasteiger partial charge on any atom is 0.338 e. The van der Waals surface area contributed by atoms with Crippen molar-refractivity contribution >= 4 is 23.4 Å². The molecule has 0 bridgehead atoms. The molecule has 0 aliphatic carbocycles. The number of nitrogens with zero attached hydrogens (tertiary/aromatic N) is 1. The number of halogens is 2. The summed E-state index contributed by atoms with van der Waals surface area (Å²) >= 11 is 5.89. The van der Waals surface area contributed by atoms with Gasteiger partial charge in [-0.2, -0.15) is 0 Å². The van der Waals surface area contributed by atoms with Crippen LogP contribution in [0.2, 0.25) is 5.15 Å². The molecule has 2 rings (SSSR count). The number of hydrogen-bond acceptors (Lipinski definition) is 4. The third kappa shape index (κ3) is 3.92. The van der Waals surface area contributed by atoms with Crippen molar-refractivity contribution in [2.75, 3.05) is 12.4 Å². The SMILES string of the molecule is COC(=O)c1cc(Cl)nc(N[C@@H](C)c2ccc(F)cc2)c1. The van der Waals surface area contributed by atoms with Gasteiger partial charge in [-0.05, 0) is 36.8 Å². The standard InChI is InChI=1S/C15H14ClFN2O2/c1-9(10-3-5-12(17)6-4-10)18-14-8-11(15(20)21-2)7-13(16)19-14/h3-9H,1-2H3,(H,18,19)/t9-/m0/s1. The lowest BCUT2D eigenvalue weighted by molar-refractivity contribution is 0.0600. The molecule has 110 valence electrons. The van der Waals surface area contributed by atoms with Crippen LogP contribution in [0.25, 0.3) is 0 Å². The Morgan fingerprint density at radius 2 is 2.00 bits per heavy atom. The second-order valence-electron chi connectivity index (χ2n) is 4.47. The first-order valence-corrected chi connectivity index (χ1v) is 6.65. The third-order valence-corrected chi connectivity index (χ3v) is 3.14. The van der Waals surface area contributed by atoms with Crippen molar-refractivity contribution in [3.8, 4) is 0 Å². The van der Waals surface area contributed by atoms with Crippen LogP contribution in [-0.2, 0) is 4.74 Å². The quantitative estimate of drug-likeness (QED) is 0.689. The lowest BCUT2D eigenvalue weighted by Crippen LogP contribution is -2.10. The van der Waals surface area contributed by atoms with E-state index in [1.165, 1.54) is 25.3 Å². The highest BCUT2D eigenvalue weighted by atomic mass is 35.5. The molecule has 0 saturated carbocycles. The number of esters is 1. The molecule has 1 aromatic heterocycles. The number of anilines is 1. The zero-order chi connectivity index (χ0) is 15.4. The van der Waals surface area contributed by atoms with Crippen molar-refractivity contribution in [1.82, 2.24) is 4.98 Å². The molecule has 0 radical (unpaired) electrons. The van der Waals surface area contributed by atoms with E-state index >= 15 is 0 Å². The van der Waals surface area contributed by atoms with E-state index in [1.807, 2.05) is 6.92 Å². The van der Waals surface area contributed by atoms with Crippen LogP contribution >= 0.6 is 11.6 Å². The molecule has 0 saturated heterocycles. The van der Waals surface area contributed by atoms with Gasteiger partial charge < -0.3 is 10.1 Å². The van der Waals surface area contributed by atoms with E-state index in [1.54, 1.807) is 18.2 Å². The molecule has 1 heterocycles. The lowest BCUT2D eigenvalue weighted by Gasteiger charge is -2.15. The second-order valence-corrected chi connectivity index (χ2v) is 4.86. The topological polar surface area (TPSA) is 51.2 Å². The lowest BCUT2D eigenvalue weighted by atomic mass is 10.1. The number of nitrogens with one attached hydrogen (secondary N) is 1. The van der Waals surface area contributed by atoms with Crippen molar-refractivity contribution in [2.24, 2.45) is 0 Å². The van der Waals surface area contributed by atoms with Crippen molar-refractivity contribution in [1.29, 1.82) is 0 Å². The normalized spacial score (nSPS) is 11.8. The molecule has 0 unspecified atom stereocenters. The van der Waals surface area contributed by atoms with Gasteiger partial charge in [-0.3, -0.25) is 0 Å². The highest BCUT2D eigenvalue weighted by Crippen LogP contribution is 2.21. The number of aromatic nitrogens is 1. The van der Waals surface area contributed by atoms with Crippen LogP contribution in [0, 0.1) is 5.82 Å². The average molecular weight is 309 g/mol. The van der Waals surface area contributed by atoms with Gasteiger partial charge in [0.15, 0.2) is 0 Å². The van der Waals surface area contributed by atoms with E-state index in [-0.39, 0.29) is 17.0 Å². The molecule has 4 nitrogen and oxygen atoms in total. The van der Waals surface area contributed by atoms with Gasteiger partial charge in [0.05, 0.1) is 12.7 Å². The van der Waals surface area contributed by atoms with Gasteiger partial charge >= 0.3 is 5.97 Å². The van der Waals surface area contributed by atoms with Gasteiger partial charge in [-0.15, -0.1) is 0 Å². The molecule has 6 heteroatoms. The predicted octanol–water partition coefficient (Wildman–Crippen LogP) is 3.83. The van der Waals surface area contributed by atoms with E-state index in [2.05, 4.69) is 15.0 Å². The summed E-state index contributed by atoms with van der Waals surface area (Å²) in [6.07, 6.45) is 0. The summed E-state index contributed by atoms with van der Waals surface area (Å²) < 4.78 is 17.6. The minimum Gasteiger partial charge on any atom is -0.465 e. The maximum atomic E-state index is 12.9. The Labute approximate surface area is 126 Å². The number of benzene rings is 1. The van der Waals surface area contributed by atoms with Gasteiger partial charge in [0.25, 0.3) is 0 Å². The van der Waals surface area contributed by atoms with Crippen LogP contribution in [0.5, 0.6) is 0 Å². The number of rotatable bonds is 4. The van der Waals surface area contributed by atoms with E-state index < -0.39 is 5.97 Å². The summed E-state index contributed by atoms with van der Waals surface area (Å²) in [4.78, 5) is 15.6. The Bertz CT molecular complexity index is 647. The van der Waals surface area contributed by atoms with Gasteiger partial charge in [0.1, 0.15) is 16.8 Å². The summed E-state index contributed by atoms with van der Waals surface area (Å²) in [7, 11) is 1.30. The number of ether oxygens (including phenoxy) is 1. The summed E-state index contributed by atoms with van der Waals surface area (Å²) in [5.41, 5.74) is 1.20. The Morgan fingerprint density at radius 3 is 2.62 bits per heavy atom. The van der Waals surface area contributed by atoms with Crippen molar-refractivity contribution in [3.05, 3.63) is 58.5 Å². The van der Waals surface area contributed by atoms with E-state index in [0.717, 1.165) is 5.56 Å². The monoisotopic (exact) mass is 308 g/mol. The molecule has 1 atom stereocenters. The maximum absolute atomic E-state index is 12.9. The fourth-order valence-electron chi connectivity index (χ4n) is 1.86. The molecular formula is C15H14ClFN2O2. The van der Waals surface area contributed by atoms with Gasteiger partial charge in [0, 0.05) is 6.04 Å². The van der Waals surface area contributed by atoms with Gasteiger partial charge in [-0.1, -0.05) is 23.7 Å². The van der Waals surface area contributed by atoms with Crippen LogP contribution < -0.4 is 5.32 Å². The number of carbonyl (C=O) groups is 1. The third-order valence-electron chi connectivity index (χ3n) is 2.95. The molecule has 0 amide bonds. The summed E-state index contributed by atoms with van der Waals surface area (Å²) in [5.74, 6) is -0.337. The highest BCUT2D eigenvalue weighted by molar-refractivity contribution is 6.29. The number of methoxy groups -OCH3 is 1. The predicted molar refractivity (Wildman–Crippen MR) is 79.0 cm³/mol. The highest BCUT2D eigenvalue weighted by Gasteiger charge is 2.12. The first kappa shape index (κ1) is 15.3. The molecular weight excluding hydrogens is 295 g/mol. The average Bonchev–Trinajstić information content (AvgIpc) is 2.46. The Hall–Kier alpha value is -2.14. The van der Waals surface area contributed by atoms with E-state index in [4.69, 9.17) is 11.6 Å². The minimum absolute atomic E-state index is 0.123. The zero-order valence-corrected chi connectivity index (χ0v) is 12.3. The summed E-state index contributed by atoms with van der Waals surface area (Å²) in [6.45, 7) is 1.90. The van der Waals surface area contributed by atoms with Crippen LogP contribution in [-0.4, -0.2) is 18.1 Å². The van der Waals surface area contributed by atoms with Gasteiger partial charge in [0.2, 0.25) is 0 Å². The van der Waals surface area contributed by atoms with Crippen molar-refractivity contribution in [3.63, 3.8) is 0 Å². The Morgan fingerprint density at radius 1 is 1.33 bits per heavy atom. The fraction of sp³-hybridized carbons (Fsp3) is 0.200. The summed E-state index contributed by atoms with van der Waals surface area (Å²) in [5, 5.41) is 3.30. The molecule has 2 aromatic rings. The zero-order valence-electron chi connectivity index (χ0n) is 11.6. The van der Waals surface area contributed by atoms with Crippen molar-refractivity contribution < 1.29 is 13.9 Å². The second kappa shape index (κ2) is 6.54. The molecule has 0 aliphatic heterocycles. The molecule has 1 N–H and O–H groups in total. The van der Waals surface area contributed by atoms with Crippen LogP contribution in [0.1, 0.15) is 28.9 Å². The van der Waals surface area contributed by atoms with Crippen molar-refractivity contribution in [2.45, 2.75) is 13.0 Å². The fourth-order valence-corrected chi connectivity index (χ4v) is 2.07. The van der Waals surface area contributed by atoms with Crippen LogP contribution in [0.3, 0.4) is 0 Å².